The van der Waals surface area contributed by atoms with E-state index < -0.39 is 6.04 Å². The average molecular weight is 221 g/mol. The molecule has 1 aromatic carbocycles. The van der Waals surface area contributed by atoms with Crippen LogP contribution in [-0.4, -0.2) is 12.6 Å². The van der Waals surface area contributed by atoms with Gasteiger partial charge in [-0.3, -0.25) is 0 Å². The summed E-state index contributed by atoms with van der Waals surface area (Å²) >= 11 is 0. The summed E-state index contributed by atoms with van der Waals surface area (Å²) in [6, 6.07) is 3.38. The highest BCUT2D eigenvalue weighted by molar-refractivity contribution is 5.78. The van der Waals surface area contributed by atoms with E-state index in [9.17, 15) is 4.79 Å². The summed E-state index contributed by atoms with van der Waals surface area (Å²) in [7, 11) is 0. The summed E-state index contributed by atoms with van der Waals surface area (Å²) in [6.07, 6.45) is 0. The number of benzene rings is 1. The fourth-order valence-corrected chi connectivity index (χ4v) is 2.03. The zero-order valence-electron chi connectivity index (χ0n) is 10.3. The molecule has 0 unspecified atom stereocenters. The minimum atomic E-state index is -0.680. The van der Waals surface area contributed by atoms with E-state index in [2.05, 4.69) is 0 Å². The van der Waals surface area contributed by atoms with E-state index in [0.29, 0.717) is 6.61 Å². The summed E-state index contributed by atoms with van der Waals surface area (Å²) < 4.78 is 4.93. The van der Waals surface area contributed by atoms with Crippen molar-refractivity contribution >= 4 is 5.97 Å². The predicted octanol–water partition coefficient (Wildman–Crippen LogP) is 2.17. The van der Waals surface area contributed by atoms with Crippen molar-refractivity contribution in [1.29, 1.82) is 0 Å². The second-order valence-corrected chi connectivity index (χ2v) is 4.04. The first-order chi connectivity index (χ1) is 7.47. The van der Waals surface area contributed by atoms with Crippen LogP contribution in [0.25, 0.3) is 0 Å². The maximum Gasteiger partial charge on any atom is 0.327 e. The molecule has 0 saturated heterocycles. The third kappa shape index (κ3) is 2.61. The largest absolute Gasteiger partial charge is 0.465 e. The average Bonchev–Trinajstić information content (AvgIpc) is 2.16. The second-order valence-electron chi connectivity index (χ2n) is 4.04. The molecule has 0 aliphatic carbocycles. The molecule has 0 heterocycles. The fourth-order valence-electron chi connectivity index (χ4n) is 2.03. The molecule has 0 aliphatic heterocycles. The Morgan fingerprint density at radius 1 is 1.31 bits per heavy atom. The first kappa shape index (κ1) is 12.7. The summed E-state index contributed by atoms with van der Waals surface area (Å²) in [5, 5.41) is 0. The lowest BCUT2D eigenvalue weighted by molar-refractivity contribution is -0.144. The van der Waals surface area contributed by atoms with Crippen molar-refractivity contribution in [3.05, 3.63) is 34.4 Å². The van der Waals surface area contributed by atoms with E-state index in [1.165, 1.54) is 5.56 Å². The highest BCUT2D eigenvalue weighted by atomic mass is 16.5. The second kappa shape index (κ2) is 5.12. The van der Waals surface area contributed by atoms with Crippen LogP contribution in [0, 0.1) is 20.8 Å². The van der Waals surface area contributed by atoms with E-state index in [0.717, 1.165) is 16.7 Å². The van der Waals surface area contributed by atoms with E-state index >= 15 is 0 Å². The summed E-state index contributed by atoms with van der Waals surface area (Å²) in [4.78, 5) is 11.6. The van der Waals surface area contributed by atoms with E-state index in [-0.39, 0.29) is 5.97 Å². The van der Waals surface area contributed by atoms with Gasteiger partial charge in [-0.05, 0) is 44.4 Å². The molecule has 88 valence electrons. The van der Waals surface area contributed by atoms with Crippen molar-refractivity contribution in [2.75, 3.05) is 6.61 Å². The summed E-state index contributed by atoms with van der Waals surface area (Å²) in [6.45, 7) is 8.10. The Kier molecular flexibility index (Phi) is 4.07. The molecule has 0 radical (unpaired) electrons. The first-order valence-corrected chi connectivity index (χ1v) is 5.47. The fraction of sp³-hybridized carbons (Fsp3) is 0.462. The van der Waals surface area contributed by atoms with Crippen LogP contribution in [0.15, 0.2) is 12.1 Å². The van der Waals surface area contributed by atoms with Crippen LogP contribution >= 0.6 is 0 Å². The smallest absolute Gasteiger partial charge is 0.327 e. The zero-order chi connectivity index (χ0) is 12.3. The standard InChI is InChI=1S/C13H19NO2/c1-5-16-13(15)12(14)11-9(3)6-8(2)7-10(11)4/h6-7,12H,5,14H2,1-4H3/t12-/m0/s1. The molecule has 0 amide bonds. The SMILES string of the molecule is CCOC(=O)[C@@H](N)c1c(C)cc(C)cc1C. The molecule has 3 nitrogen and oxygen atoms in total. The molecule has 1 rings (SSSR count). The predicted molar refractivity (Wildman–Crippen MR) is 64.2 cm³/mol. The van der Waals surface area contributed by atoms with Crippen molar-refractivity contribution in [3.63, 3.8) is 0 Å². The number of ether oxygens (including phenoxy) is 1. The van der Waals surface area contributed by atoms with Crippen LogP contribution in [0.2, 0.25) is 0 Å². The number of aryl methyl sites for hydroxylation is 3. The quantitative estimate of drug-likeness (QED) is 0.796. The van der Waals surface area contributed by atoms with Gasteiger partial charge in [0.05, 0.1) is 6.61 Å². The van der Waals surface area contributed by atoms with Gasteiger partial charge in [0.2, 0.25) is 0 Å². The topological polar surface area (TPSA) is 52.3 Å². The Morgan fingerprint density at radius 2 is 1.81 bits per heavy atom. The van der Waals surface area contributed by atoms with Crippen LogP contribution < -0.4 is 5.73 Å². The molecule has 16 heavy (non-hydrogen) atoms. The van der Waals surface area contributed by atoms with Gasteiger partial charge in [0.1, 0.15) is 6.04 Å². The summed E-state index contributed by atoms with van der Waals surface area (Å²) in [5.41, 5.74) is 10.0. The van der Waals surface area contributed by atoms with E-state index in [1.54, 1.807) is 6.92 Å². The third-order valence-electron chi connectivity index (χ3n) is 2.59. The Hall–Kier alpha value is -1.35. The number of hydrogen-bond acceptors (Lipinski definition) is 3. The van der Waals surface area contributed by atoms with Gasteiger partial charge >= 0.3 is 5.97 Å². The molecular weight excluding hydrogens is 202 g/mol. The lowest BCUT2D eigenvalue weighted by atomic mass is 9.94. The lowest BCUT2D eigenvalue weighted by Gasteiger charge is -2.17. The minimum absolute atomic E-state index is 0.358. The number of carbonyl (C=O) groups excluding carboxylic acids is 1. The number of carbonyl (C=O) groups is 1. The van der Waals surface area contributed by atoms with Crippen molar-refractivity contribution < 1.29 is 9.53 Å². The number of rotatable bonds is 3. The minimum Gasteiger partial charge on any atom is -0.465 e. The molecule has 0 aromatic heterocycles. The van der Waals surface area contributed by atoms with Gasteiger partial charge < -0.3 is 10.5 Å². The molecule has 2 N–H and O–H groups in total. The molecule has 0 spiro atoms. The first-order valence-electron chi connectivity index (χ1n) is 5.47. The number of hydrogen-bond donors (Lipinski definition) is 1. The highest BCUT2D eigenvalue weighted by Gasteiger charge is 2.20. The molecule has 1 atom stereocenters. The molecular formula is C13H19NO2. The molecule has 0 aliphatic rings. The van der Waals surface area contributed by atoms with Crippen molar-refractivity contribution in [2.24, 2.45) is 5.73 Å². The van der Waals surface area contributed by atoms with Gasteiger partial charge in [-0.2, -0.15) is 0 Å². The molecule has 0 fully saturated rings. The highest BCUT2D eigenvalue weighted by Crippen LogP contribution is 2.22. The Bertz CT molecular complexity index is 376. The summed E-state index contributed by atoms with van der Waals surface area (Å²) in [5.74, 6) is -0.363. The van der Waals surface area contributed by atoms with Crippen LogP contribution in [0.5, 0.6) is 0 Å². The number of esters is 1. The maximum absolute atomic E-state index is 11.6. The van der Waals surface area contributed by atoms with Gasteiger partial charge in [0.25, 0.3) is 0 Å². The maximum atomic E-state index is 11.6. The van der Waals surface area contributed by atoms with Crippen LogP contribution in [-0.2, 0) is 9.53 Å². The molecule has 0 bridgehead atoms. The zero-order valence-corrected chi connectivity index (χ0v) is 10.3. The molecule has 3 heteroatoms. The monoisotopic (exact) mass is 221 g/mol. The Morgan fingerprint density at radius 3 is 2.25 bits per heavy atom. The Labute approximate surface area is 96.6 Å². The van der Waals surface area contributed by atoms with Crippen molar-refractivity contribution in [3.8, 4) is 0 Å². The molecule has 1 aromatic rings. The van der Waals surface area contributed by atoms with Crippen molar-refractivity contribution in [1.82, 2.24) is 0 Å². The normalized spacial score (nSPS) is 12.3. The van der Waals surface area contributed by atoms with Gasteiger partial charge in [0, 0.05) is 0 Å². The van der Waals surface area contributed by atoms with Crippen LogP contribution in [0.3, 0.4) is 0 Å². The van der Waals surface area contributed by atoms with E-state index in [1.807, 2.05) is 32.9 Å². The molecule has 0 saturated carbocycles. The van der Waals surface area contributed by atoms with Crippen LogP contribution in [0.1, 0.15) is 35.2 Å². The third-order valence-corrected chi connectivity index (χ3v) is 2.59. The van der Waals surface area contributed by atoms with E-state index in [4.69, 9.17) is 10.5 Å². The van der Waals surface area contributed by atoms with Gasteiger partial charge in [-0.15, -0.1) is 0 Å². The van der Waals surface area contributed by atoms with Gasteiger partial charge in [-0.25, -0.2) is 4.79 Å². The number of nitrogens with two attached hydrogens (primary N) is 1. The van der Waals surface area contributed by atoms with Gasteiger partial charge in [0.15, 0.2) is 0 Å². The lowest BCUT2D eigenvalue weighted by Crippen LogP contribution is -2.25. The Balaban J connectivity index is 3.08. The van der Waals surface area contributed by atoms with Crippen molar-refractivity contribution in [2.45, 2.75) is 33.7 Å². The van der Waals surface area contributed by atoms with Gasteiger partial charge in [-0.1, -0.05) is 17.7 Å². The van der Waals surface area contributed by atoms with Crippen LogP contribution in [0.4, 0.5) is 0 Å².